The molecule has 0 amide bonds. The van der Waals surface area contributed by atoms with Gasteiger partial charge in [0.25, 0.3) is 0 Å². The first-order valence-electron chi connectivity index (χ1n) is 6.43. The summed E-state index contributed by atoms with van der Waals surface area (Å²) in [5.74, 6) is 1.05. The lowest BCUT2D eigenvalue weighted by molar-refractivity contribution is 0.152. The molecule has 0 aromatic heterocycles. The quantitative estimate of drug-likeness (QED) is 0.694. The largest absolute Gasteiger partial charge is 0.400 e. The summed E-state index contributed by atoms with van der Waals surface area (Å²) >= 11 is 0. The molecule has 0 heterocycles. The van der Waals surface area contributed by atoms with Crippen LogP contribution in [0, 0.1) is 16.7 Å². The van der Waals surface area contributed by atoms with Crippen LogP contribution in [0.2, 0.25) is 6.55 Å². The van der Waals surface area contributed by atoms with E-state index in [1.165, 1.54) is 25.7 Å². The molecule has 0 unspecified atom stereocenters. The zero-order valence-corrected chi connectivity index (χ0v) is 13.0. The van der Waals surface area contributed by atoms with Crippen LogP contribution in [-0.2, 0) is 8.85 Å². The Balaban J connectivity index is 0.000000187. The van der Waals surface area contributed by atoms with Gasteiger partial charge in [-0.2, -0.15) is 0 Å². The molecule has 2 aliphatic rings. The van der Waals surface area contributed by atoms with E-state index in [1.54, 1.807) is 14.2 Å². The Morgan fingerprint density at radius 1 is 1.00 bits per heavy atom. The molecule has 2 fully saturated rings. The second-order valence-corrected chi connectivity index (χ2v) is 8.17. The Morgan fingerprint density at radius 2 is 1.44 bits per heavy atom. The molecule has 0 N–H and O–H groups in total. The molecule has 2 rings (SSSR count). The lowest BCUT2D eigenvalue weighted by Crippen LogP contribution is -2.26. The molecule has 2 aliphatic carbocycles. The zero-order chi connectivity index (χ0) is 12.4. The minimum Gasteiger partial charge on any atom is -0.400 e. The van der Waals surface area contributed by atoms with Gasteiger partial charge in [-0.15, -0.1) is 0 Å². The van der Waals surface area contributed by atoms with Crippen molar-refractivity contribution in [2.24, 2.45) is 16.7 Å². The lowest BCUT2D eigenvalue weighted by Gasteiger charge is -2.34. The highest BCUT2D eigenvalue weighted by Crippen LogP contribution is 2.65. The van der Waals surface area contributed by atoms with Gasteiger partial charge in [0.15, 0.2) is 0 Å². The second-order valence-electron chi connectivity index (χ2n) is 6.10. The Bertz CT molecular complexity index is 213. The third-order valence-corrected chi connectivity index (χ3v) is 6.66. The maximum atomic E-state index is 4.82. The molecule has 16 heavy (non-hydrogen) atoms. The van der Waals surface area contributed by atoms with Gasteiger partial charge in [-0.25, -0.2) is 0 Å². The highest BCUT2D eigenvalue weighted by molar-refractivity contribution is 6.42. The predicted octanol–water partition coefficient (Wildman–Crippen LogP) is 3.35. The van der Waals surface area contributed by atoms with Gasteiger partial charge in [-0.3, -0.25) is 0 Å². The van der Waals surface area contributed by atoms with Crippen LogP contribution < -0.4 is 0 Å². The minimum absolute atomic E-state index is 0.660. The standard InChI is InChI=1S/C10H18.C3H10O2Si/c1-9(2)8-4-6-10(9,3)7-5-8;1-4-6(3)5-2/h8H,4-7H2,1-3H3;6H,1-3H3. The summed E-state index contributed by atoms with van der Waals surface area (Å²) in [5, 5.41) is 0. The van der Waals surface area contributed by atoms with Crippen molar-refractivity contribution in [3.8, 4) is 0 Å². The van der Waals surface area contributed by atoms with E-state index < -0.39 is 9.28 Å². The monoisotopic (exact) mass is 244 g/mol. The van der Waals surface area contributed by atoms with Crippen LogP contribution in [0.3, 0.4) is 0 Å². The average Bonchev–Trinajstić information content (AvgIpc) is 2.62. The second kappa shape index (κ2) is 5.19. The number of hydrogen-bond donors (Lipinski definition) is 0. The fraction of sp³-hybridized carbons (Fsp3) is 1.00. The molecule has 0 saturated heterocycles. The normalized spacial score (nSPS) is 35.1. The Labute approximate surface area is 103 Å². The van der Waals surface area contributed by atoms with Gasteiger partial charge in [0.05, 0.1) is 0 Å². The van der Waals surface area contributed by atoms with Crippen LogP contribution in [0.15, 0.2) is 0 Å². The highest BCUT2D eigenvalue weighted by atomic mass is 28.3. The van der Waals surface area contributed by atoms with E-state index in [0.717, 1.165) is 5.92 Å². The molecule has 0 aromatic carbocycles. The van der Waals surface area contributed by atoms with Gasteiger partial charge in [0.1, 0.15) is 0 Å². The topological polar surface area (TPSA) is 18.5 Å². The smallest absolute Gasteiger partial charge is 0.317 e. The SMILES string of the molecule is CC12CCC(CC1)C2(C)C.CO[SiH](C)OC. The molecule has 2 bridgehead atoms. The van der Waals surface area contributed by atoms with Crippen molar-refractivity contribution in [2.75, 3.05) is 14.2 Å². The lowest BCUT2D eigenvalue weighted by atomic mass is 9.71. The molecular weight excluding hydrogens is 216 g/mol. The van der Waals surface area contributed by atoms with Crippen LogP contribution in [0.4, 0.5) is 0 Å². The summed E-state index contributed by atoms with van der Waals surface area (Å²) < 4.78 is 9.63. The van der Waals surface area contributed by atoms with Crippen molar-refractivity contribution < 1.29 is 8.85 Å². The molecule has 0 spiro atoms. The highest BCUT2D eigenvalue weighted by Gasteiger charge is 2.55. The van der Waals surface area contributed by atoms with E-state index >= 15 is 0 Å². The molecule has 96 valence electrons. The van der Waals surface area contributed by atoms with Crippen molar-refractivity contribution in [2.45, 2.75) is 53.0 Å². The first-order valence-corrected chi connectivity index (χ1v) is 8.53. The van der Waals surface area contributed by atoms with Gasteiger partial charge in [-0.1, -0.05) is 20.8 Å². The molecule has 0 aromatic rings. The maximum absolute atomic E-state index is 4.82. The summed E-state index contributed by atoms with van der Waals surface area (Å²) in [6, 6.07) is 0. The molecule has 2 saturated carbocycles. The third-order valence-electron chi connectivity index (χ3n) is 5.33. The van der Waals surface area contributed by atoms with Gasteiger partial charge in [0, 0.05) is 14.2 Å². The summed E-state index contributed by atoms with van der Waals surface area (Å²) in [5.41, 5.74) is 1.37. The number of fused-ring (bicyclic) bond motifs is 2. The molecule has 0 radical (unpaired) electrons. The van der Waals surface area contributed by atoms with Crippen LogP contribution in [0.25, 0.3) is 0 Å². The Kier molecular flexibility index (Phi) is 4.61. The maximum Gasteiger partial charge on any atom is 0.317 e. The van der Waals surface area contributed by atoms with Gasteiger partial charge in [-0.05, 0) is 49.0 Å². The predicted molar refractivity (Wildman–Crippen MR) is 70.9 cm³/mol. The molecule has 2 nitrogen and oxygen atoms in total. The molecular formula is C13H28O2Si. The van der Waals surface area contributed by atoms with E-state index in [2.05, 4.69) is 20.8 Å². The summed E-state index contributed by atoms with van der Waals surface area (Å²) in [7, 11) is 2.17. The Hall–Kier alpha value is 0.137. The van der Waals surface area contributed by atoms with E-state index in [1.807, 2.05) is 6.55 Å². The minimum atomic E-state index is -1.16. The van der Waals surface area contributed by atoms with Crippen LogP contribution >= 0.6 is 0 Å². The van der Waals surface area contributed by atoms with Crippen LogP contribution in [0.5, 0.6) is 0 Å². The van der Waals surface area contributed by atoms with Crippen molar-refractivity contribution in [1.29, 1.82) is 0 Å². The summed E-state index contributed by atoms with van der Waals surface area (Å²) in [6.07, 6.45) is 5.99. The number of hydrogen-bond acceptors (Lipinski definition) is 2. The molecule has 0 atom stereocenters. The van der Waals surface area contributed by atoms with E-state index in [0.29, 0.717) is 10.8 Å². The third kappa shape index (κ3) is 2.52. The summed E-state index contributed by atoms with van der Waals surface area (Å²) in [6.45, 7) is 9.40. The molecule has 0 aliphatic heterocycles. The van der Waals surface area contributed by atoms with E-state index in [4.69, 9.17) is 8.85 Å². The fourth-order valence-electron chi connectivity index (χ4n) is 3.21. The average molecular weight is 244 g/mol. The van der Waals surface area contributed by atoms with Gasteiger partial charge < -0.3 is 8.85 Å². The van der Waals surface area contributed by atoms with E-state index in [9.17, 15) is 0 Å². The molecule has 3 heteroatoms. The summed E-state index contributed by atoms with van der Waals surface area (Å²) in [4.78, 5) is 0. The van der Waals surface area contributed by atoms with Gasteiger partial charge >= 0.3 is 9.28 Å². The van der Waals surface area contributed by atoms with Crippen molar-refractivity contribution in [3.63, 3.8) is 0 Å². The van der Waals surface area contributed by atoms with Gasteiger partial charge in [0.2, 0.25) is 0 Å². The van der Waals surface area contributed by atoms with E-state index in [-0.39, 0.29) is 0 Å². The first-order chi connectivity index (χ1) is 7.37. The van der Waals surface area contributed by atoms with Crippen molar-refractivity contribution >= 4 is 9.28 Å². The van der Waals surface area contributed by atoms with Crippen molar-refractivity contribution in [3.05, 3.63) is 0 Å². The fourth-order valence-corrected chi connectivity index (χ4v) is 3.40. The van der Waals surface area contributed by atoms with Crippen LogP contribution in [-0.4, -0.2) is 23.5 Å². The first kappa shape index (κ1) is 14.2. The zero-order valence-electron chi connectivity index (χ0n) is 11.8. The van der Waals surface area contributed by atoms with Crippen molar-refractivity contribution in [1.82, 2.24) is 0 Å². The number of rotatable bonds is 2. The Morgan fingerprint density at radius 3 is 1.50 bits per heavy atom. The van der Waals surface area contributed by atoms with Crippen LogP contribution in [0.1, 0.15) is 46.5 Å².